The SMILES string of the molecule is [Br-].[CH]1CC2CCC1C2.[Zn]. The minimum Gasteiger partial charge on any atom is -1.00 e. The molecular weight excluding hydrogens is 229 g/mol. The van der Waals surface area contributed by atoms with Crippen molar-refractivity contribution in [2.24, 2.45) is 11.8 Å². The molecule has 2 aliphatic carbocycles. The summed E-state index contributed by atoms with van der Waals surface area (Å²) in [7, 11) is 0. The summed E-state index contributed by atoms with van der Waals surface area (Å²) in [5, 5.41) is 0. The molecule has 0 aromatic heterocycles. The van der Waals surface area contributed by atoms with Gasteiger partial charge in [0, 0.05) is 19.5 Å². The van der Waals surface area contributed by atoms with Gasteiger partial charge in [0.05, 0.1) is 0 Å². The molecule has 0 N–H and O–H groups in total. The Morgan fingerprint density at radius 2 is 2.00 bits per heavy atom. The molecule has 2 atom stereocenters. The molecule has 0 spiro atoms. The fraction of sp³-hybridized carbons (Fsp3) is 0.857. The second-order valence-corrected chi connectivity index (χ2v) is 2.91. The third kappa shape index (κ3) is 2.01. The Kier molecular flexibility index (Phi) is 4.58. The van der Waals surface area contributed by atoms with Gasteiger partial charge in [0.2, 0.25) is 0 Å². The normalized spacial score (nSPS) is 37.3. The van der Waals surface area contributed by atoms with Crippen molar-refractivity contribution < 1.29 is 36.5 Å². The Morgan fingerprint density at radius 3 is 2.11 bits per heavy atom. The van der Waals surface area contributed by atoms with E-state index >= 15 is 0 Å². The van der Waals surface area contributed by atoms with Crippen LogP contribution in [0.15, 0.2) is 0 Å². The Morgan fingerprint density at radius 1 is 1.22 bits per heavy atom. The molecule has 0 aromatic carbocycles. The molecule has 0 heterocycles. The van der Waals surface area contributed by atoms with Gasteiger partial charge in [0.25, 0.3) is 0 Å². The van der Waals surface area contributed by atoms with E-state index in [9.17, 15) is 0 Å². The molecule has 2 unspecified atom stereocenters. The van der Waals surface area contributed by atoms with Crippen molar-refractivity contribution in [3.8, 4) is 0 Å². The van der Waals surface area contributed by atoms with Crippen LogP contribution >= 0.6 is 0 Å². The average molecular weight is 240 g/mol. The molecule has 0 amide bonds. The molecule has 2 saturated carbocycles. The Labute approximate surface area is 80.3 Å². The van der Waals surface area contributed by atoms with E-state index in [0.29, 0.717) is 0 Å². The van der Waals surface area contributed by atoms with Gasteiger partial charge in [-0.1, -0.05) is 6.42 Å². The summed E-state index contributed by atoms with van der Waals surface area (Å²) in [4.78, 5) is 0. The molecule has 0 aromatic rings. The van der Waals surface area contributed by atoms with Gasteiger partial charge in [0.15, 0.2) is 0 Å². The summed E-state index contributed by atoms with van der Waals surface area (Å²) in [6.45, 7) is 0. The first-order valence-electron chi connectivity index (χ1n) is 3.28. The monoisotopic (exact) mass is 238 g/mol. The van der Waals surface area contributed by atoms with Crippen molar-refractivity contribution in [2.45, 2.75) is 25.7 Å². The van der Waals surface area contributed by atoms with Crippen molar-refractivity contribution in [2.75, 3.05) is 0 Å². The maximum Gasteiger partial charge on any atom is 0 e. The van der Waals surface area contributed by atoms with Gasteiger partial charge in [-0.05, 0) is 37.5 Å². The van der Waals surface area contributed by atoms with Crippen LogP contribution in [0.1, 0.15) is 25.7 Å². The summed E-state index contributed by atoms with van der Waals surface area (Å²) >= 11 is 0. The van der Waals surface area contributed by atoms with E-state index in [-0.39, 0.29) is 36.5 Å². The van der Waals surface area contributed by atoms with E-state index in [1.54, 1.807) is 0 Å². The molecule has 2 fully saturated rings. The standard InChI is InChI=1S/C7H11.BrH.Zn/c1-2-7-4-3-6(1)5-7;;/h1,6-7H,2-5H2;1H;/p-1. The van der Waals surface area contributed by atoms with Gasteiger partial charge in [-0.25, -0.2) is 0 Å². The maximum atomic E-state index is 2.51. The van der Waals surface area contributed by atoms with Crippen LogP contribution in [0.3, 0.4) is 0 Å². The Hall–Kier alpha value is 1.10. The topological polar surface area (TPSA) is 0 Å². The zero-order valence-corrected chi connectivity index (χ0v) is 10.2. The number of halogens is 1. The first-order valence-corrected chi connectivity index (χ1v) is 3.28. The molecule has 9 heavy (non-hydrogen) atoms. The van der Waals surface area contributed by atoms with Crippen LogP contribution in [0, 0.1) is 18.3 Å². The number of fused-ring (bicyclic) bond motifs is 2. The molecule has 2 heteroatoms. The molecule has 2 rings (SSSR count). The van der Waals surface area contributed by atoms with Gasteiger partial charge >= 0.3 is 0 Å². The van der Waals surface area contributed by atoms with E-state index in [1.807, 2.05) is 0 Å². The molecule has 2 bridgehead atoms. The maximum absolute atomic E-state index is 2.51. The minimum atomic E-state index is 0. The first-order chi connectivity index (χ1) is 3.45. The van der Waals surface area contributed by atoms with Crippen LogP contribution in [0.25, 0.3) is 0 Å². The van der Waals surface area contributed by atoms with E-state index < -0.39 is 0 Å². The summed E-state index contributed by atoms with van der Waals surface area (Å²) in [5.74, 6) is 2.16. The van der Waals surface area contributed by atoms with Crippen LogP contribution in [-0.2, 0) is 19.5 Å². The molecule has 0 saturated heterocycles. The third-order valence-corrected chi connectivity index (χ3v) is 2.38. The molecular formula is C7H11BrZn-. The Bertz CT molecular complexity index is 67.0. The summed E-state index contributed by atoms with van der Waals surface area (Å²) in [6, 6.07) is 0. The van der Waals surface area contributed by atoms with Crippen LogP contribution in [0.5, 0.6) is 0 Å². The predicted molar refractivity (Wildman–Crippen MR) is 29.7 cm³/mol. The third-order valence-electron chi connectivity index (χ3n) is 2.38. The smallest absolute Gasteiger partial charge is 0 e. The van der Waals surface area contributed by atoms with Crippen LogP contribution in [0.2, 0.25) is 0 Å². The Balaban J connectivity index is 0.000000320. The quantitative estimate of drug-likeness (QED) is 0.477. The van der Waals surface area contributed by atoms with E-state index in [0.717, 1.165) is 11.8 Å². The summed E-state index contributed by atoms with van der Waals surface area (Å²) in [6.07, 6.45) is 8.50. The van der Waals surface area contributed by atoms with E-state index in [2.05, 4.69) is 6.42 Å². The zero-order valence-electron chi connectivity index (χ0n) is 5.65. The van der Waals surface area contributed by atoms with E-state index in [4.69, 9.17) is 0 Å². The van der Waals surface area contributed by atoms with Gasteiger partial charge < -0.3 is 17.0 Å². The van der Waals surface area contributed by atoms with Crippen LogP contribution in [-0.4, -0.2) is 0 Å². The van der Waals surface area contributed by atoms with Crippen LogP contribution < -0.4 is 17.0 Å². The summed E-state index contributed by atoms with van der Waals surface area (Å²) < 4.78 is 0. The van der Waals surface area contributed by atoms with E-state index in [1.165, 1.54) is 25.7 Å². The summed E-state index contributed by atoms with van der Waals surface area (Å²) in [5.41, 5.74) is 0. The van der Waals surface area contributed by atoms with Crippen molar-refractivity contribution >= 4 is 0 Å². The second kappa shape index (κ2) is 4.08. The number of rotatable bonds is 0. The minimum absolute atomic E-state index is 0. The molecule has 1 radical (unpaired) electrons. The average Bonchev–Trinajstić information content (AvgIpc) is 2.22. The van der Waals surface area contributed by atoms with Crippen LogP contribution in [0.4, 0.5) is 0 Å². The van der Waals surface area contributed by atoms with Crippen molar-refractivity contribution in [3.05, 3.63) is 6.42 Å². The molecule has 2 aliphatic rings. The number of hydrogen-bond donors (Lipinski definition) is 0. The van der Waals surface area contributed by atoms with Gasteiger partial charge in [-0.15, -0.1) is 0 Å². The van der Waals surface area contributed by atoms with Crippen molar-refractivity contribution in [1.29, 1.82) is 0 Å². The van der Waals surface area contributed by atoms with Gasteiger partial charge in [-0.2, -0.15) is 0 Å². The second-order valence-electron chi connectivity index (χ2n) is 2.91. The molecule has 0 nitrogen and oxygen atoms in total. The largest absolute Gasteiger partial charge is 1.00 e. The first kappa shape index (κ1) is 10.1. The fourth-order valence-electron chi connectivity index (χ4n) is 1.93. The van der Waals surface area contributed by atoms with Crippen molar-refractivity contribution in [1.82, 2.24) is 0 Å². The van der Waals surface area contributed by atoms with Gasteiger partial charge in [0.1, 0.15) is 0 Å². The molecule has 0 aliphatic heterocycles. The predicted octanol–water partition coefficient (Wildman–Crippen LogP) is -0.988. The van der Waals surface area contributed by atoms with Crippen molar-refractivity contribution in [3.63, 3.8) is 0 Å². The fourth-order valence-corrected chi connectivity index (χ4v) is 1.93. The zero-order chi connectivity index (χ0) is 4.69. The number of hydrogen-bond acceptors (Lipinski definition) is 0. The molecule has 49 valence electrons. The van der Waals surface area contributed by atoms with Gasteiger partial charge in [-0.3, -0.25) is 0 Å².